The van der Waals surface area contributed by atoms with Crippen LogP contribution in [0.3, 0.4) is 0 Å². The molecule has 5 nitrogen and oxygen atoms in total. The first kappa shape index (κ1) is 20.7. The summed E-state index contributed by atoms with van der Waals surface area (Å²) in [6.07, 6.45) is 6.13. The number of hydrogen-bond donors (Lipinski definition) is 1. The third-order valence-corrected chi connectivity index (χ3v) is 7.59. The zero-order valence-corrected chi connectivity index (χ0v) is 18.5. The number of likely N-dealkylation sites (tertiary alicyclic amines) is 1. The number of nitrogens with one attached hydrogen (secondary N) is 1. The Morgan fingerprint density at radius 3 is 2.83 bits per heavy atom. The first-order valence-electron chi connectivity index (χ1n) is 11.3. The standard InChI is InChI=1S/C24H37N3O2/c1-17-22-13-19-7-8-20(29-4)14-21(19)24(17,9-11-25-23(28)16-26(2)3)10-12-27(22)15-18-5-6-18/h7-8,14,17-18,22H,5-6,9-13,15-16H2,1-4H3,(H,25,28)/t17-,22+,24-/m0/s1. The van der Waals surface area contributed by atoms with Crippen molar-refractivity contribution >= 4 is 5.91 Å². The highest BCUT2D eigenvalue weighted by Gasteiger charge is 2.51. The highest BCUT2D eigenvalue weighted by molar-refractivity contribution is 5.77. The number of carbonyl (C=O) groups excluding carboxylic acids is 1. The van der Waals surface area contributed by atoms with E-state index in [1.807, 2.05) is 19.0 Å². The number of methoxy groups -OCH3 is 1. The van der Waals surface area contributed by atoms with Gasteiger partial charge in [0.2, 0.25) is 5.91 Å². The van der Waals surface area contributed by atoms with E-state index in [0.29, 0.717) is 18.5 Å². The molecule has 3 atom stereocenters. The Labute approximate surface area is 175 Å². The Morgan fingerprint density at radius 2 is 2.14 bits per heavy atom. The molecule has 4 rings (SSSR count). The Bertz CT molecular complexity index is 746. The van der Waals surface area contributed by atoms with Crippen molar-refractivity contribution in [2.75, 3.05) is 47.4 Å². The Kier molecular flexibility index (Phi) is 5.90. The number of likely N-dealkylation sites (N-methyl/N-ethyl adjacent to an activating group) is 1. The fourth-order valence-electron chi connectivity index (χ4n) is 5.77. The van der Waals surface area contributed by atoms with Crippen molar-refractivity contribution in [3.8, 4) is 5.75 Å². The zero-order valence-electron chi connectivity index (χ0n) is 18.5. The summed E-state index contributed by atoms with van der Waals surface area (Å²) in [5.41, 5.74) is 3.07. The van der Waals surface area contributed by atoms with Crippen LogP contribution in [-0.2, 0) is 16.6 Å². The third-order valence-electron chi connectivity index (χ3n) is 7.59. The van der Waals surface area contributed by atoms with Gasteiger partial charge in [-0.15, -0.1) is 0 Å². The average Bonchev–Trinajstić information content (AvgIpc) is 3.49. The van der Waals surface area contributed by atoms with Gasteiger partial charge in [0.1, 0.15) is 5.75 Å². The Hall–Kier alpha value is -1.59. The van der Waals surface area contributed by atoms with Gasteiger partial charge in [-0.05, 0) is 87.8 Å². The Morgan fingerprint density at radius 1 is 1.34 bits per heavy atom. The molecule has 2 bridgehead atoms. The van der Waals surface area contributed by atoms with E-state index in [1.54, 1.807) is 7.11 Å². The molecule has 2 fully saturated rings. The van der Waals surface area contributed by atoms with Crippen molar-refractivity contribution in [1.82, 2.24) is 15.1 Å². The number of carbonyl (C=O) groups is 1. The van der Waals surface area contributed by atoms with E-state index in [4.69, 9.17) is 4.74 Å². The molecule has 1 N–H and O–H groups in total. The van der Waals surface area contributed by atoms with E-state index in [1.165, 1.54) is 43.5 Å². The second-order valence-corrected chi connectivity index (χ2v) is 9.77. The fraction of sp³-hybridized carbons (Fsp3) is 0.708. The number of fused-ring (bicyclic) bond motifs is 4. The summed E-state index contributed by atoms with van der Waals surface area (Å²) >= 11 is 0. The van der Waals surface area contributed by atoms with E-state index >= 15 is 0 Å². The molecule has 3 aliphatic rings. The summed E-state index contributed by atoms with van der Waals surface area (Å²) in [7, 11) is 5.62. The molecular weight excluding hydrogens is 362 g/mol. The monoisotopic (exact) mass is 399 g/mol. The average molecular weight is 400 g/mol. The van der Waals surface area contributed by atoms with Gasteiger partial charge in [-0.3, -0.25) is 9.69 Å². The lowest BCUT2D eigenvalue weighted by atomic mass is 9.56. The molecule has 0 spiro atoms. The van der Waals surface area contributed by atoms with Gasteiger partial charge < -0.3 is 15.0 Å². The van der Waals surface area contributed by atoms with Crippen LogP contribution >= 0.6 is 0 Å². The van der Waals surface area contributed by atoms with Crippen LogP contribution in [0.25, 0.3) is 0 Å². The van der Waals surface area contributed by atoms with Gasteiger partial charge in [0.05, 0.1) is 13.7 Å². The predicted octanol–water partition coefficient (Wildman–Crippen LogP) is 2.68. The molecule has 1 saturated heterocycles. The molecule has 29 heavy (non-hydrogen) atoms. The fourth-order valence-corrected chi connectivity index (χ4v) is 5.77. The first-order valence-corrected chi connectivity index (χ1v) is 11.3. The maximum Gasteiger partial charge on any atom is 0.234 e. The molecule has 0 aromatic heterocycles. The van der Waals surface area contributed by atoms with Gasteiger partial charge in [0.15, 0.2) is 0 Å². The van der Waals surface area contributed by atoms with E-state index in [0.717, 1.165) is 31.1 Å². The molecule has 1 heterocycles. The second-order valence-electron chi connectivity index (χ2n) is 9.77. The Balaban J connectivity index is 1.58. The quantitative estimate of drug-likeness (QED) is 0.730. The van der Waals surface area contributed by atoms with Gasteiger partial charge in [-0.1, -0.05) is 13.0 Å². The number of nitrogens with zero attached hydrogens (tertiary/aromatic N) is 2. The number of benzene rings is 1. The van der Waals surface area contributed by atoms with Crippen molar-refractivity contribution in [2.24, 2.45) is 11.8 Å². The van der Waals surface area contributed by atoms with Crippen LogP contribution in [0.1, 0.15) is 43.7 Å². The molecule has 1 aromatic carbocycles. The van der Waals surface area contributed by atoms with Crippen molar-refractivity contribution in [3.05, 3.63) is 29.3 Å². The summed E-state index contributed by atoms with van der Waals surface area (Å²) in [6.45, 7) is 6.09. The molecular formula is C24H37N3O2. The topological polar surface area (TPSA) is 44.8 Å². The maximum absolute atomic E-state index is 12.2. The summed E-state index contributed by atoms with van der Waals surface area (Å²) in [5, 5.41) is 3.17. The molecule has 1 aromatic rings. The summed E-state index contributed by atoms with van der Waals surface area (Å²) in [4.78, 5) is 16.9. The molecule has 2 aliphatic carbocycles. The van der Waals surface area contributed by atoms with Crippen LogP contribution in [0.4, 0.5) is 0 Å². The van der Waals surface area contributed by atoms with Crippen molar-refractivity contribution in [2.45, 2.75) is 50.5 Å². The number of ether oxygens (including phenoxy) is 1. The lowest BCUT2D eigenvalue weighted by Gasteiger charge is -2.56. The van der Waals surface area contributed by atoms with Crippen molar-refractivity contribution < 1.29 is 9.53 Å². The van der Waals surface area contributed by atoms with Gasteiger partial charge in [0, 0.05) is 24.5 Å². The number of amides is 1. The van der Waals surface area contributed by atoms with Crippen LogP contribution in [-0.4, -0.2) is 69.1 Å². The van der Waals surface area contributed by atoms with Crippen LogP contribution in [0, 0.1) is 11.8 Å². The van der Waals surface area contributed by atoms with Crippen LogP contribution in [0.2, 0.25) is 0 Å². The van der Waals surface area contributed by atoms with Gasteiger partial charge in [-0.2, -0.15) is 0 Å². The lowest BCUT2D eigenvalue weighted by molar-refractivity contribution is -0.121. The van der Waals surface area contributed by atoms with Crippen molar-refractivity contribution in [3.63, 3.8) is 0 Å². The minimum Gasteiger partial charge on any atom is -0.497 e. The molecule has 5 heteroatoms. The van der Waals surface area contributed by atoms with Crippen molar-refractivity contribution in [1.29, 1.82) is 0 Å². The van der Waals surface area contributed by atoms with Crippen LogP contribution < -0.4 is 10.1 Å². The van der Waals surface area contributed by atoms with E-state index in [-0.39, 0.29) is 11.3 Å². The molecule has 1 aliphatic heterocycles. The van der Waals surface area contributed by atoms with Crippen LogP contribution in [0.5, 0.6) is 5.75 Å². The summed E-state index contributed by atoms with van der Waals surface area (Å²) in [6, 6.07) is 7.29. The van der Waals surface area contributed by atoms with Gasteiger partial charge in [0.25, 0.3) is 0 Å². The highest BCUT2D eigenvalue weighted by atomic mass is 16.5. The minimum atomic E-state index is 0.114. The molecule has 160 valence electrons. The van der Waals surface area contributed by atoms with E-state index in [2.05, 4.69) is 35.3 Å². The SMILES string of the molecule is COc1ccc2c(c1)[C@@]1(CCNC(=O)CN(C)C)CCN(CC3CC3)[C@H](C2)[C@@H]1C. The smallest absolute Gasteiger partial charge is 0.234 e. The van der Waals surface area contributed by atoms with Gasteiger partial charge in [-0.25, -0.2) is 0 Å². The largest absolute Gasteiger partial charge is 0.497 e. The van der Waals surface area contributed by atoms with E-state index in [9.17, 15) is 4.79 Å². The molecule has 1 amide bonds. The normalized spacial score (nSPS) is 28.9. The van der Waals surface area contributed by atoms with E-state index < -0.39 is 0 Å². The highest BCUT2D eigenvalue weighted by Crippen LogP contribution is 2.52. The minimum absolute atomic E-state index is 0.114. The molecule has 0 radical (unpaired) electrons. The third kappa shape index (κ3) is 4.17. The summed E-state index contributed by atoms with van der Waals surface area (Å²) < 4.78 is 5.58. The second kappa shape index (κ2) is 8.27. The number of rotatable bonds is 8. The zero-order chi connectivity index (χ0) is 20.6. The first-order chi connectivity index (χ1) is 13.9. The maximum atomic E-state index is 12.2. The van der Waals surface area contributed by atoms with Gasteiger partial charge >= 0.3 is 0 Å². The predicted molar refractivity (Wildman–Crippen MR) is 116 cm³/mol. The number of piperidine rings is 1. The number of hydrogen-bond acceptors (Lipinski definition) is 4. The molecule has 1 saturated carbocycles. The van der Waals surface area contributed by atoms with Crippen LogP contribution in [0.15, 0.2) is 18.2 Å². The lowest BCUT2D eigenvalue weighted by Crippen LogP contribution is -2.60. The summed E-state index contributed by atoms with van der Waals surface area (Å²) in [5.74, 6) is 2.58. The molecule has 0 unspecified atom stereocenters.